The Morgan fingerprint density at radius 1 is 1.37 bits per heavy atom. The quantitative estimate of drug-likeness (QED) is 0.896. The zero-order valence-electron chi connectivity index (χ0n) is 12.1. The van der Waals surface area contributed by atoms with Crippen molar-refractivity contribution in [1.82, 2.24) is 10.3 Å². The molecule has 19 heavy (non-hydrogen) atoms. The van der Waals surface area contributed by atoms with Crippen LogP contribution in [0.15, 0.2) is 18.5 Å². The molecule has 1 saturated heterocycles. The van der Waals surface area contributed by atoms with Gasteiger partial charge in [0.2, 0.25) is 0 Å². The number of nitrogens with zero attached hydrogens (tertiary/aromatic N) is 1. The first-order valence-corrected chi connectivity index (χ1v) is 9.20. The minimum atomic E-state index is 0.431. The molecule has 2 rings (SSSR count). The molecule has 1 fully saturated rings. The molecule has 0 aliphatic carbocycles. The first-order chi connectivity index (χ1) is 9.22. The van der Waals surface area contributed by atoms with Gasteiger partial charge in [-0.1, -0.05) is 19.9 Å². The van der Waals surface area contributed by atoms with Crippen molar-refractivity contribution >= 4 is 23.5 Å². The molecule has 2 heterocycles. The molecule has 1 N–H and O–H groups in total. The van der Waals surface area contributed by atoms with Crippen LogP contribution in [-0.2, 0) is 0 Å². The molecule has 2 nitrogen and oxygen atoms in total. The third-order valence-corrected chi connectivity index (χ3v) is 6.63. The molecular formula is C15H24N2S2. The monoisotopic (exact) mass is 296 g/mol. The van der Waals surface area contributed by atoms with E-state index in [1.54, 1.807) is 0 Å². The summed E-state index contributed by atoms with van der Waals surface area (Å²) in [4.78, 5) is 4.38. The van der Waals surface area contributed by atoms with E-state index in [1.807, 2.05) is 12.4 Å². The predicted molar refractivity (Wildman–Crippen MR) is 88.2 cm³/mol. The summed E-state index contributed by atoms with van der Waals surface area (Å²) in [7, 11) is 0. The highest BCUT2D eigenvalue weighted by molar-refractivity contribution is 8.07. The lowest BCUT2D eigenvalue weighted by atomic mass is 10.0. The molecule has 0 spiro atoms. The van der Waals surface area contributed by atoms with Crippen LogP contribution >= 0.6 is 23.5 Å². The third-order valence-electron chi connectivity index (χ3n) is 3.44. The minimum Gasteiger partial charge on any atom is -0.309 e. The van der Waals surface area contributed by atoms with Crippen molar-refractivity contribution in [1.29, 1.82) is 0 Å². The van der Waals surface area contributed by atoms with Crippen molar-refractivity contribution in [2.24, 2.45) is 0 Å². The molecule has 1 aliphatic heterocycles. The Balaban J connectivity index is 2.19. The Labute approximate surface area is 125 Å². The highest BCUT2D eigenvalue weighted by Crippen LogP contribution is 2.38. The van der Waals surface area contributed by atoms with Gasteiger partial charge in [-0.15, -0.1) is 0 Å². The van der Waals surface area contributed by atoms with E-state index in [2.05, 4.69) is 60.7 Å². The van der Waals surface area contributed by atoms with E-state index >= 15 is 0 Å². The van der Waals surface area contributed by atoms with Gasteiger partial charge in [0.05, 0.1) is 0 Å². The van der Waals surface area contributed by atoms with E-state index in [1.165, 1.54) is 29.1 Å². The van der Waals surface area contributed by atoms with Crippen molar-refractivity contribution < 1.29 is 0 Å². The Bertz CT molecular complexity index is 397. The van der Waals surface area contributed by atoms with Gasteiger partial charge >= 0.3 is 0 Å². The van der Waals surface area contributed by atoms with Gasteiger partial charge in [-0.05, 0) is 31.0 Å². The van der Waals surface area contributed by atoms with E-state index < -0.39 is 0 Å². The zero-order valence-corrected chi connectivity index (χ0v) is 13.7. The molecule has 1 aliphatic rings. The summed E-state index contributed by atoms with van der Waals surface area (Å²) in [5, 5.41) is 5.09. The number of hydrogen-bond donors (Lipinski definition) is 1. The van der Waals surface area contributed by atoms with Crippen molar-refractivity contribution in [3.05, 3.63) is 29.6 Å². The maximum Gasteiger partial charge on any atom is 0.0466 e. The number of aryl methyl sites for hydroxylation is 1. The van der Waals surface area contributed by atoms with Crippen LogP contribution in [0.4, 0.5) is 0 Å². The van der Waals surface area contributed by atoms with Crippen LogP contribution in [0.1, 0.15) is 37.4 Å². The van der Waals surface area contributed by atoms with Crippen LogP contribution < -0.4 is 5.32 Å². The minimum absolute atomic E-state index is 0.431. The summed E-state index contributed by atoms with van der Waals surface area (Å²) < 4.78 is 0. The maximum atomic E-state index is 4.38. The van der Waals surface area contributed by atoms with E-state index in [0.29, 0.717) is 16.5 Å². The third kappa shape index (κ3) is 4.14. The summed E-state index contributed by atoms with van der Waals surface area (Å²) in [6.07, 6.45) is 5.15. The highest BCUT2D eigenvalue weighted by atomic mass is 32.2. The topological polar surface area (TPSA) is 24.9 Å². The molecule has 0 bridgehead atoms. The Morgan fingerprint density at radius 2 is 2.16 bits per heavy atom. The molecular weight excluding hydrogens is 272 g/mol. The molecule has 4 heteroatoms. The van der Waals surface area contributed by atoms with E-state index in [4.69, 9.17) is 0 Å². The van der Waals surface area contributed by atoms with Crippen LogP contribution in [0.5, 0.6) is 0 Å². The van der Waals surface area contributed by atoms with Crippen LogP contribution in [0.2, 0.25) is 0 Å². The van der Waals surface area contributed by atoms with Gasteiger partial charge in [0.25, 0.3) is 0 Å². The zero-order chi connectivity index (χ0) is 13.7. The molecule has 3 atom stereocenters. The molecule has 0 aromatic carbocycles. The summed E-state index contributed by atoms with van der Waals surface area (Å²) in [6.45, 7) is 7.79. The number of thioether (sulfide) groups is 2. The first-order valence-electron chi connectivity index (χ1n) is 7.10. The van der Waals surface area contributed by atoms with Crippen LogP contribution in [0, 0.1) is 6.92 Å². The molecule has 0 saturated carbocycles. The lowest BCUT2D eigenvalue weighted by Gasteiger charge is -2.35. The highest BCUT2D eigenvalue weighted by Gasteiger charge is 2.31. The summed E-state index contributed by atoms with van der Waals surface area (Å²) >= 11 is 4.22. The Morgan fingerprint density at radius 3 is 2.84 bits per heavy atom. The van der Waals surface area contributed by atoms with Gasteiger partial charge in [0, 0.05) is 40.4 Å². The van der Waals surface area contributed by atoms with Crippen molar-refractivity contribution in [3.8, 4) is 0 Å². The average molecular weight is 297 g/mol. The second kappa shape index (κ2) is 7.55. The van der Waals surface area contributed by atoms with Gasteiger partial charge in [-0.25, -0.2) is 0 Å². The number of aromatic nitrogens is 1. The molecule has 0 amide bonds. The molecule has 1 aromatic heterocycles. The lowest BCUT2D eigenvalue weighted by Crippen LogP contribution is -2.38. The van der Waals surface area contributed by atoms with Crippen LogP contribution in [0.3, 0.4) is 0 Å². The molecule has 0 radical (unpaired) electrons. The fourth-order valence-electron chi connectivity index (χ4n) is 2.49. The van der Waals surface area contributed by atoms with Gasteiger partial charge in [0.15, 0.2) is 0 Å². The predicted octanol–water partition coefficient (Wildman–Crippen LogP) is 3.67. The normalized spacial score (nSPS) is 25.2. The lowest BCUT2D eigenvalue weighted by molar-refractivity contribution is 0.507. The van der Waals surface area contributed by atoms with Gasteiger partial charge < -0.3 is 5.32 Å². The van der Waals surface area contributed by atoms with E-state index in [9.17, 15) is 0 Å². The SMILES string of the molecule is CCCNC(c1cncc(C)c1)C1SCCSC1C. The van der Waals surface area contributed by atoms with Gasteiger partial charge in [-0.3, -0.25) is 4.98 Å². The molecule has 3 unspecified atom stereocenters. The first kappa shape index (κ1) is 15.2. The second-order valence-corrected chi connectivity index (χ2v) is 7.91. The largest absolute Gasteiger partial charge is 0.309 e. The molecule has 1 aromatic rings. The smallest absolute Gasteiger partial charge is 0.0466 e. The Hall–Kier alpha value is -0.190. The summed E-state index contributed by atoms with van der Waals surface area (Å²) in [6, 6.07) is 2.72. The van der Waals surface area contributed by atoms with E-state index in [-0.39, 0.29) is 0 Å². The number of rotatable bonds is 5. The Kier molecular flexibility index (Phi) is 6.05. The number of nitrogens with one attached hydrogen (secondary N) is 1. The van der Waals surface area contributed by atoms with Gasteiger partial charge in [-0.2, -0.15) is 23.5 Å². The van der Waals surface area contributed by atoms with Crippen LogP contribution in [0.25, 0.3) is 0 Å². The summed E-state index contributed by atoms with van der Waals surface area (Å²) in [5.74, 6) is 2.55. The molecule has 106 valence electrons. The fraction of sp³-hybridized carbons (Fsp3) is 0.667. The van der Waals surface area contributed by atoms with Crippen molar-refractivity contribution in [3.63, 3.8) is 0 Å². The average Bonchev–Trinajstić information content (AvgIpc) is 2.41. The summed E-state index contributed by atoms with van der Waals surface area (Å²) in [5.41, 5.74) is 2.60. The standard InChI is InChI=1S/C15H24N2S2/c1-4-5-17-14(13-8-11(2)9-16-10-13)15-12(3)18-6-7-19-15/h8-10,12,14-15,17H,4-7H2,1-3H3. The number of hydrogen-bond acceptors (Lipinski definition) is 4. The van der Waals surface area contributed by atoms with Gasteiger partial charge in [0.1, 0.15) is 0 Å². The van der Waals surface area contributed by atoms with Crippen LogP contribution in [-0.4, -0.2) is 33.5 Å². The maximum absolute atomic E-state index is 4.38. The van der Waals surface area contributed by atoms with Crippen molar-refractivity contribution in [2.75, 3.05) is 18.1 Å². The second-order valence-electron chi connectivity index (χ2n) is 5.14. The van der Waals surface area contributed by atoms with E-state index in [0.717, 1.165) is 6.54 Å². The van der Waals surface area contributed by atoms with Crippen molar-refractivity contribution in [2.45, 2.75) is 43.7 Å². The fourth-order valence-corrected chi connectivity index (χ4v) is 5.44. The number of pyridine rings is 1.